The first-order valence-corrected chi connectivity index (χ1v) is 5.32. The third-order valence-corrected chi connectivity index (χ3v) is 0. The van der Waals surface area contributed by atoms with E-state index in [0.29, 0.717) is 0 Å². The molecule has 0 saturated heterocycles. The van der Waals surface area contributed by atoms with Gasteiger partial charge in [0.15, 0.2) is 0 Å². The number of hydrogen-bond donors (Lipinski definition) is 5. The number of phosphoric acid groups is 2. The predicted octanol–water partition coefficient (Wildman–Crippen LogP) is -13.7. The van der Waals surface area contributed by atoms with Gasteiger partial charge in [-0.15, -0.1) is 0 Å². The Balaban J connectivity index is -0.0000000247. The van der Waals surface area contributed by atoms with Gasteiger partial charge in [0.1, 0.15) is 0 Å². The molecule has 0 aromatic carbocycles. The van der Waals surface area contributed by atoms with E-state index in [0.717, 1.165) is 0 Å². The van der Waals surface area contributed by atoms with Crippen LogP contribution in [0.5, 0.6) is 0 Å². The molecule has 0 rings (SSSR count). The molecular weight excluding hydrogens is 363 g/mol. The normalized spacial score (nSPS) is 8.35. The topological polar surface area (TPSA) is 233 Å². The molecule has 16 heteroatoms. The van der Waals surface area contributed by atoms with Crippen LogP contribution in [-0.4, -0.2) is 20.7 Å². The Bertz CT molecular complexity index is 208. The van der Waals surface area contributed by atoms with Gasteiger partial charge in [0.05, 0.1) is 0 Å². The van der Waals surface area contributed by atoms with E-state index in [9.17, 15) is 0 Å². The van der Waals surface area contributed by atoms with E-state index in [2.05, 4.69) is 11.5 Å². The molecule has 0 bridgehead atoms. The molecule has 0 radical (unpaired) electrons. The minimum absolute atomic E-state index is 0. The Hall–Kier alpha value is 4.40. The third kappa shape index (κ3) is 357. The van der Waals surface area contributed by atoms with Gasteiger partial charge in [0.25, 0.3) is 0 Å². The van der Waals surface area contributed by atoms with Crippen molar-refractivity contribution in [3.8, 4) is 0 Å². The Labute approximate surface area is 224 Å². The van der Waals surface area contributed by atoms with Crippen LogP contribution in [0.2, 0.25) is 0 Å². The number of carbonyl (C=O) groups is 1. The van der Waals surface area contributed by atoms with Gasteiger partial charge in [0, 0.05) is 0 Å². The fourth-order valence-electron chi connectivity index (χ4n) is 0. The Morgan fingerprint density at radius 3 is 0.882 bits per heavy atom. The van der Waals surface area contributed by atoms with Crippen LogP contribution in [0.1, 0.15) is 0 Å². The smallest absolute Gasteiger partial charge is 0.822 e. The van der Waals surface area contributed by atoms with Gasteiger partial charge in [-0.1, -0.05) is 0 Å². The molecule has 0 aliphatic carbocycles. The quantitative estimate of drug-likeness (QED) is 0.201. The van der Waals surface area contributed by atoms with Gasteiger partial charge in [-0.25, -0.2) is 9.36 Å². The molecule has 2 amide bonds. The van der Waals surface area contributed by atoms with Crippen LogP contribution in [-0.2, 0) is 9.13 Å². The summed E-state index contributed by atoms with van der Waals surface area (Å²) in [6.07, 6.45) is 0. The molecule has 7 N–H and O–H groups in total. The molecule has 0 saturated carbocycles. The monoisotopic (exact) mass is 370 g/mol. The SMILES string of the molecule is NC(N)=O.O=P(O)(O)O.O=P([O-])([O-])[O-].[K+].[K+].[K+]. The number of nitrogens with two attached hydrogens (primary N) is 2. The number of amides is 2. The van der Waals surface area contributed by atoms with Gasteiger partial charge in [0.2, 0.25) is 0 Å². The molecule has 0 aliphatic heterocycles. The molecule has 0 atom stereocenters. The molecule has 0 spiro atoms. The number of rotatable bonds is 0. The van der Waals surface area contributed by atoms with Gasteiger partial charge in [-0.3, -0.25) is 0 Å². The molecule has 0 unspecified atom stereocenters. The van der Waals surface area contributed by atoms with Crippen LogP contribution >= 0.6 is 15.6 Å². The number of hydrogen-bond acceptors (Lipinski definition) is 6. The van der Waals surface area contributed by atoms with E-state index in [-0.39, 0.29) is 154 Å². The van der Waals surface area contributed by atoms with E-state index >= 15 is 0 Å². The Kier molecular flexibility index (Phi) is 45.1. The van der Waals surface area contributed by atoms with Crippen molar-refractivity contribution in [2.75, 3.05) is 0 Å². The predicted molar refractivity (Wildman–Crippen MR) is 35.6 cm³/mol. The molecule has 0 heterocycles. The second-order valence-electron chi connectivity index (χ2n) is 1.36. The van der Waals surface area contributed by atoms with Crippen LogP contribution in [0, 0.1) is 0 Å². The zero-order valence-electron chi connectivity index (χ0n) is 9.34. The largest absolute Gasteiger partial charge is 1.00 e. The maximum atomic E-state index is 9.00. The number of primary amides is 2. The van der Waals surface area contributed by atoms with Crippen LogP contribution in [0.25, 0.3) is 0 Å². The van der Waals surface area contributed by atoms with Gasteiger partial charge < -0.3 is 45.4 Å². The van der Waals surface area contributed by atoms with E-state index in [1.54, 1.807) is 0 Å². The first kappa shape index (κ1) is 37.6. The van der Waals surface area contributed by atoms with Gasteiger partial charge in [-0.2, -0.15) is 7.82 Å². The number of carbonyl (C=O) groups excluding carboxylic acids is 1. The van der Waals surface area contributed by atoms with Crippen molar-refractivity contribution in [1.29, 1.82) is 0 Å². The average molecular weight is 370 g/mol. The standard InChI is InChI=1S/CH4N2O.3K.2H3O4P/c2-1(3)4;;;;2*1-5(2,3)4/h(H4,2,3,4);;;;2*(H3,1,2,3,4)/q;3*+1;;/p-3. The van der Waals surface area contributed by atoms with Crippen molar-refractivity contribution in [2.24, 2.45) is 11.5 Å². The van der Waals surface area contributed by atoms with Gasteiger partial charge in [-0.05, 0) is 0 Å². The summed E-state index contributed by atoms with van der Waals surface area (Å²) in [4.78, 5) is 56.2. The van der Waals surface area contributed by atoms with E-state index < -0.39 is 21.7 Å². The third-order valence-electron chi connectivity index (χ3n) is 0. The van der Waals surface area contributed by atoms with Crippen LogP contribution in [0.15, 0.2) is 0 Å². The summed E-state index contributed by atoms with van der Waals surface area (Å²) in [5.74, 6) is 0. The molecule has 17 heavy (non-hydrogen) atoms. The summed E-state index contributed by atoms with van der Waals surface area (Å²) in [6, 6.07) is -0.833. The van der Waals surface area contributed by atoms with E-state index in [1.165, 1.54) is 0 Å². The number of urea groups is 1. The van der Waals surface area contributed by atoms with Gasteiger partial charge >= 0.3 is 168 Å². The molecule has 0 aliphatic rings. The second-order valence-corrected chi connectivity index (χ2v) is 3.28. The van der Waals surface area contributed by atoms with Crippen molar-refractivity contribution in [2.45, 2.75) is 0 Å². The first-order valence-electron chi connectivity index (χ1n) is 2.29. The summed E-state index contributed by atoms with van der Waals surface area (Å²) in [6.45, 7) is 0. The van der Waals surface area contributed by atoms with Crippen LogP contribution < -0.4 is 180 Å². The maximum Gasteiger partial charge on any atom is 1.00 e. The zero-order chi connectivity index (χ0) is 12.6. The fraction of sp³-hybridized carbons (Fsp3) is 0. The summed E-state index contributed by atoms with van der Waals surface area (Å²) < 4.78 is 17.4. The minimum atomic E-state index is -5.39. The average Bonchev–Trinajstić information content (AvgIpc) is 1.45. The molecular formula is CH7K3N2O9P2. The van der Waals surface area contributed by atoms with Crippen LogP contribution in [0.4, 0.5) is 4.79 Å². The van der Waals surface area contributed by atoms with Crippen molar-refractivity contribution in [1.82, 2.24) is 0 Å². The fourth-order valence-corrected chi connectivity index (χ4v) is 0. The van der Waals surface area contributed by atoms with E-state index in [1.807, 2.05) is 0 Å². The summed E-state index contributed by atoms with van der Waals surface area (Å²) in [7, 11) is -10.0. The molecule has 0 fully saturated rings. The second kappa shape index (κ2) is 20.4. The van der Waals surface area contributed by atoms with Crippen LogP contribution in [0.3, 0.4) is 0 Å². The summed E-state index contributed by atoms with van der Waals surface area (Å²) >= 11 is 0. The minimum Gasteiger partial charge on any atom is -0.822 e. The van der Waals surface area contributed by atoms with Crippen molar-refractivity contribution in [3.63, 3.8) is 0 Å². The summed E-state index contributed by atoms with van der Waals surface area (Å²) in [5.41, 5.74) is 8.50. The summed E-state index contributed by atoms with van der Waals surface area (Å²) in [5, 5.41) is 0. The van der Waals surface area contributed by atoms with E-state index in [4.69, 9.17) is 43.3 Å². The molecule has 11 nitrogen and oxygen atoms in total. The molecule has 0 aromatic heterocycles. The van der Waals surface area contributed by atoms with Crippen molar-refractivity contribution in [3.05, 3.63) is 0 Å². The Morgan fingerprint density at radius 2 is 0.882 bits per heavy atom. The molecule has 88 valence electrons. The zero-order valence-corrected chi connectivity index (χ0v) is 20.5. The first-order chi connectivity index (χ1) is 5.73. The molecule has 0 aromatic rings. The Morgan fingerprint density at radius 1 is 0.882 bits per heavy atom. The van der Waals surface area contributed by atoms with Crippen molar-refractivity contribution >= 4 is 21.7 Å². The van der Waals surface area contributed by atoms with Crippen molar-refractivity contribution < 1.29 is 197 Å². The maximum absolute atomic E-state index is 9.00.